The van der Waals surface area contributed by atoms with Gasteiger partial charge in [0.05, 0.1) is 12.7 Å². The van der Waals surface area contributed by atoms with Gasteiger partial charge in [-0.1, -0.05) is 37.3 Å². The molecule has 0 amide bonds. The maximum absolute atomic E-state index is 5.64. The van der Waals surface area contributed by atoms with Crippen LogP contribution in [0.25, 0.3) is 0 Å². The lowest BCUT2D eigenvalue weighted by Gasteiger charge is -2.31. The van der Waals surface area contributed by atoms with E-state index in [-0.39, 0.29) is 0 Å². The maximum atomic E-state index is 5.64. The van der Waals surface area contributed by atoms with Crippen molar-refractivity contribution in [2.24, 2.45) is 4.99 Å². The van der Waals surface area contributed by atoms with Gasteiger partial charge in [-0.2, -0.15) is 0 Å². The molecule has 1 saturated heterocycles. The molecule has 1 aromatic carbocycles. The van der Waals surface area contributed by atoms with Gasteiger partial charge >= 0.3 is 0 Å². The molecule has 1 aromatic heterocycles. The van der Waals surface area contributed by atoms with Gasteiger partial charge in [-0.25, -0.2) is 0 Å². The van der Waals surface area contributed by atoms with Gasteiger partial charge in [0.15, 0.2) is 5.96 Å². The second-order valence-electron chi connectivity index (χ2n) is 7.46. The summed E-state index contributed by atoms with van der Waals surface area (Å²) < 4.78 is 5.64. The number of nitrogens with one attached hydrogen (secondary N) is 2. The Balaban J connectivity index is 1.47. The van der Waals surface area contributed by atoms with Gasteiger partial charge in [-0.15, -0.1) is 11.3 Å². The van der Waals surface area contributed by atoms with E-state index in [0.717, 1.165) is 45.3 Å². The van der Waals surface area contributed by atoms with Crippen molar-refractivity contribution in [2.75, 3.05) is 33.3 Å². The zero-order valence-corrected chi connectivity index (χ0v) is 18.0. The van der Waals surface area contributed by atoms with E-state index in [2.05, 4.69) is 76.2 Å². The van der Waals surface area contributed by atoms with Crippen LogP contribution < -0.4 is 10.6 Å². The molecule has 0 aliphatic carbocycles. The van der Waals surface area contributed by atoms with Crippen molar-refractivity contribution in [3.8, 4) is 0 Å². The number of guanidine groups is 1. The summed E-state index contributed by atoms with van der Waals surface area (Å²) in [6.07, 6.45) is 0.324. The van der Waals surface area contributed by atoms with Gasteiger partial charge in [0.1, 0.15) is 0 Å². The van der Waals surface area contributed by atoms with Gasteiger partial charge in [0.2, 0.25) is 0 Å². The first-order valence-corrected chi connectivity index (χ1v) is 10.9. The van der Waals surface area contributed by atoms with Crippen LogP contribution in [0.1, 0.15) is 35.8 Å². The fourth-order valence-corrected chi connectivity index (χ4v) is 4.25. The summed E-state index contributed by atoms with van der Waals surface area (Å²) in [4.78, 5) is 8.22. The number of hydrogen-bond donors (Lipinski definition) is 2. The molecule has 0 spiro atoms. The summed E-state index contributed by atoms with van der Waals surface area (Å²) in [5, 5.41) is 9.00. The molecule has 152 valence electrons. The third-order valence-corrected chi connectivity index (χ3v) is 6.11. The van der Waals surface area contributed by atoms with E-state index in [1.807, 2.05) is 7.05 Å². The molecule has 1 aliphatic heterocycles. The first kappa shape index (κ1) is 20.8. The van der Waals surface area contributed by atoms with E-state index in [0.29, 0.717) is 12.0 Å². The summed E-state index contributed by atoms with van der Waals surface area (Å²) in [6.45, 7) is 9.83. The van der Waals surface area contributed by atoms with Crippen molar-refractivity contribution < 1.29 is 4.74 Å². The van der Waals surface area contributed by atoms with Crippen LogP contribution in [-0.4, -0.2) is 50.3 Å². The molecule has 2 atom stereocenters. The van der Waals surface area contributed by atoms with Crippen molar-refractivity contribution in [3.63, 3.8) is 0 Å². The molecule has 3 rings (SSSR count). The molecule has 1 fully saturated rings. The predicted octanol–water partition coefficient (Wildman–Crippen LogP) is 3.44. The Labute approximate surface area is 172 Å². The van der Waals surface area contributed by atoms with Crippen molar-refractivity contribution in [1.29, 1.82) is 0 Å². The van der Waals surface area contributed by atoms with Crippen molar-refractivity contribution in [1.82, 2.24) is 15.5 Å². The molecular weight excluding hydrogens is 368 g/mol. The zero-order chi connectivity index (χ0) is 19.8. The highest BCUT2D eigenvalue weighted by molar-refractivity contribution is 7.10. The first-order valence-electron chi connectivity index (χ1n) is 10.0. The molecule has 2 aromatic rings. The van der Waals surface area contributed by atoms with Crippen LogP contribution in [0.3, 0.4) is 0 Å². The Bertz CT molecular complexity index is 747. The van der Waals surface area contributed by atoms with Gasteiger partial charge in [-0.05, 0) is 29.5 Å². The lowest BCUT2D eigenvalue weighted by Crippen LogP contribution is -2.40. The second-order valence-corrected chi connectivity index (χ2v) is 8.44. The van der Waals surface area contributed by atoms with Crippen molar-refractivity contribution in [3.05, 3.63) is 57.8 Å². The maximum Gasteiger partial charge on any atom is 0.191 e. The minimum absolute atomic E-state index is 0.324. The fraction of sp³-hybridized carbons (Fsp3) is 0.500. The summed E-state index contributed by atoms with van der Waals surface area (Å²) in [7, 11) is 1.82. The Morgan fingerprint density at radius 2 is 2.14 bits per heavy atom. The summed E-state index contributed by atoms with van der Waals surface area (Å²) >= 11 is 1.80. The van der Waals surface area contributed by atoms with E-state index in [9.17, 15) is 0 Å². The number of hydrogen-bond acceptors (Lipinski definition) is 4. The second kappa shape index (κ2) is 10.6. The largest absolute Gasteiger partial charge is 0.376 e. The summed E-state index contributed by atoms with van der Waals surface area (Å²) in [5.74, 6) is 1.31. The third-order valence-electron chi connectivity index (χ3n) is 5.01. The van der Waals surface area contributed by atoms with Crippen LogP contribution in [0.15, 0.2) is 46.8 Å². The highest BCUT2D eigenvalue weighted by Gasteiger charge is 2.16. The molecule has 6 heteroatoms. The molecule has 2 unspecified atom stereocenters. The average Bonchev–Trinajstić information content (AvgIpc) is 3.23. The van der Waals surface area contributed by atoms with E-state index in [1.165, 1.54) is 16.0 Å². The molecule has 1 aliphatic rings. The predicted molar refractivity (Wildman–Crippen MR) is 118 cm³/mol. The minimum Gasteiger partial charge on any atom is -0.376 e. The number of nitrogens with zero attached hydrogens (tertiary/aromatic N) is 2. The highest BCUT2D eigenvalue weighted by Crippen LogP contribution is 2.19. The van der Waals surface area contributed by atoms with Crippen LogP contribution in [0.5, 0.6) is 0 Å². The van der Waals surface area contributed by atoms with Crippen LogP contribution in [-0.2, 0) is 17.8 Å². The molecule has 28 heavy (non-hydrogen) atoms. The van der Waals surface area contributed by atoms with E-state index >= 15 is 0 Å². The molecule has 2 N–H and O–H groups in total. The zero-order valence-electron chi connectivity index (χ0n) is 17.1. The number of rotatable bonds is 7. The molecular formula is C22H32N4OS. The van der Waals surface area contributed by atoms with Gasteiger partial charge in [-0.3, -0.25) is 9.89 Å². The van der Waals surface area contributed by atoms with Crippen LogP contribution in [0.2, 0.25) is 0 Å². The minimum atomic E-state index is 0.324. The standard InChI is InChI=1S/C22H32N4OS/c1-17(21-8-5-11-28-21)13-24-22(23-3)25-14-19-6-4-7-20(12-19)16-26-9-10-27-18(2)15-26/h4-8,11-12,17-18H,9-10,13-16H2,1-3H3,(H2,23,24,25). The summed E-state index contributed by atoms with van der Waals surface area (Å²) in [5.41, 5.74) is 2.62. The van der Waals surface area contributed by atoms with Crippen molar-refractivity contribution >= 4 is 17.3 Å². The lowest BCUT2D eigenvalue weighted by molar-refractivity contribution is -0.0212. The van der Waals surface area contributed by atoms with E-state index in [4.69, 9.17) is 4.74 Å². The van der Waals surface area contributed by atoms with E-state index in [1.54, 1.807) is 11.3 Å². The van der Waals surface area contributed by atoms with Gasteiger partial charge in [0.25, 0.3) is 0 Å². The third kappa shape index (κ3) is 6.33. The van der Waals surface area contributed by atoms with Crippen LogP contribution in [0, 0.1) is 0 Å². The number of thiophene rings is 1. The normalized spacial score (nSPS) is 19.4. The van der Waals surface area contributed by atoms with Crippen LogP contribution >= 0.6 is 11.3 Å². The van der Waals surface area contributed by atoms with Crippen LogP contribution in [0.4, 0.5) is 0 Å². The molecule has 5 nitrogen and oxygen atoms in total. The molecule has 0 saturated carbocycles. The van der Waals surface area contributed by atoms with Gasteiger partial charge in [0, 0.05) is 50.6 Å². The SMILES string of the molecule is CN=C(NCc1cccc(CN2CCOC(C)C2)c1)NCC(C)c1cccs1. The Hall–Kier alpha value is -1.89. The molecule has 0 bridgehead atoms. The quantitative estimate of drug-likeness (QED) is 0.552. The molecule has 2 heterocycles. The topological polar surface area (TPSA) is 48.9 Å². The first-order chi connectivity index (χ1) is 13.6. The number of aliphatic imine (C=N–C) groups is 1. The van der Waals surface area contributed by atoms with Crippen molar-refractivity contribution in [2.45, 2.75) is 39.0 Å². The Kier molecular flexibility index (Phi) is 7.89. The molecule has 0 radical (unpaired) electrons. The number of benzene rings is 1. The Morgan fingerprint density at radius 1 is 1.29 bits per heavy atom. The number of ether oxygens (including phenoxy) is 1. The van der Waals surface area contributed by atoms with E-state index < -0.39 is 0 Å². The average molecular weight is 401 g/mol. The number of morpholine rings is 1. The smallest absolute Gasteiger partial charge is 0.191 e. The Morgan fingerprint density at radius 3 is 2.89 bits per heavy atom. The van der Waals surface area contributed by atoms with Gasteiger partial charge < -0.3 is 15.4 Å². The summed E-state index contributed by atoms with van der Waals surface area (Å²) in [6, 6.07) is 13.1. The highest BCUT2D eigenvalue weighted by atomic mass is 32.1. The lowest BCUT2D eigenvalue weighted by atomic mass is 10.1. The fourth-order valence-electron chi connectivity index (χ4n) is 3.46. The monoisotopic (exact) mass is 400 g/mol.